The third kappa shape index (κ3) is 4.74. The SMILES string of the molecule is COc1ccc2cc([C@H](C)C(=O)NCC(=O)Nc3c(C)cccc3C)ccc2c1. The van der Waals surface area contributed by atoms with Gasteiger partial charge in [0.1, 0.15) is 5.75 Å². The van der Waals surface area contributed by atoms with Crippen LogP contribution in [0.4, 0.5) is 5.69 Å². The van der Waals surface area contributed by atoms with Gasteiger partial charge in [0.15, 0.2) is 0 Å². The molecular weight excluding hydrogens is 364 g/mol. The molecule has 0 unspecified atom stereocenters. The molecule has 0 saturated carbocycles. The van der Waals surface area contributed by atoms with Crippen molar-refractivity contribution in [3.05, 3.63) is 71.3 Å². The minimum absolute atomic E-state index is 0.0677. The maximum absolute atomic E-state index is 12.6. The van der Waals surface area contributed by atoms with E-state index in [1.807, 2.05) is 75.4 Å². The van der Waals surface area contributed by atoms with Gasteiger partial charge in [-0.3, -0.25) is 9.59 Å². The predicted octanol–water partition coefficient (Wildman–Crippen LogP) is 4.32. The van der Waals surface area contributed by atoms with Crippen molar-refractivity contribution < 1.29 is 14.3 Å². The largest absolute Gasteiger partial charge is 0.497 e. The number of carbonyl (C=O) groups excluding carboxylic acids is 2. The summed E-state index contributed by atoms with van der Waals surface area (Å²) in [5.41, 5.74) is 3.68. The molecule has 0 saturated heterocycles. The molecule has 3 rings (SSSR count). The second-order valence-electron chi connectivity index (χ2n) is 7.23. The van der Waals surface area contributed by atoms with Crippen LogP contribution in [0.2, 0.25) is 0 Å². The van der Waals surface area contributed by atoms with Crippen LogP contribution in [0.1, 0.15) is 29.5 Å². The molecule has 5 heteroatoms. The number of nitrogens with one attached hydrogen (secondary N) is 2. The Bertz CT molecular complexity index is 1040. The van der Waals surface area contributed by atoms with Crippen molar-refractivity contribution in [2.45, 2.75) is 26.7 Å². The highest BCUT2D eigenvalue weighted by Gasteiger charge is 2.17. The Morgan fingerprint density at radius 2 is 1.62 bits per heavy atom. The van der Waals surface area contributed by atoms with Gasteiger partial charge in [-0.1, -0.05) is 42.5 Å². The third-order valence-corrected chi connectivity index (χ3v) is 5.13. The van der Waals surface area contributed by atoms with Gasteiger partial charge < -0.3 is 15.4 Å². The van der Waals surface area contributed by atoms with Crippen LogP contribution in [0.5, 0.6) is 5.75 Å². The van der Waals surface area contributed by atoms with Gasteiger partial charge >= 0.3 is 0 Å². The maximum atomic E-state index is 12.6. The Morgan fingerprint density at radius 1 is 0.966 bits per heavy atom. The van der Waals surface area contributed by atoms with E-state index in [0.29, 0.717) is 0 Å². The van der Waals surface area contributed by atoms with Crippen molar-refractivity contribution in [2.75, 3.05) is 19.0 Å². The van der Waals surface area contributed by atoms with Crippen LogP contribution in [-0.4, -0.2) is 25.5 Å². The van der Waals surface area contributed by atoms with Crippen molar-refractivity contribution in [1.82, 2.24) is 5.32 Å². The molecule has 3 aromatic carbocycles. The van der Waals surface area contributed by atoms with Crippen molar-refractivity contribution in [3.63, 3.8) is 0 Å². The van der Waals surface area contributed by atoms with Crippen LogP contribution in [-0.2, 0) is 9.59 Å². The number of benzene rings is 3. The van der Waals surface area contributed by atoms with E-state index in [1.54, 1.807) is 7.11 Å². The van der Waals surface area contributed by atoms with E-state index >= 15 is 0 Å². The molecule has 1 atom stereocenters. The van der Waals surface area contributed by atoms with Gasteiger partial charge in [-0.25, -0.2) is 0 Å². The lowest BCUT2D eigenvalue weighted by atomic mass is 9.97. The second kappa shape index (κ2) is 8.78. The number of ether oxygens (including phenoxy) is 1. The average molecular weight is 390 g/mol. The summed E-state index contributed by atoms with van der Waals surface area (Å²) < 4.78 is 5.25. The zero-order valence-electron chi connectivity index (χ0n) is 17.2. The molecule has 0 bridgehead atoms. The third-order valence-electron chi connectivity index (χ3n) is 5.13. The first-order valence-electron chi connectivity index (χ1n) is 9.60. The number of amides is 2. The predicted molar refractivity (Wildman–Crippen MR) is 116 cm³/mol. The summed E-state index contributed by atoms with van der Waals surface area (Å²) in [5, 5.41) is 7.70. The molecule has 2 amide bonds. The van der Waals surface area contributed by atoms with Crippen molar-refractivity contribution in [1.29, 1.82) is 0 Å². The number of carbonyl (C=O) groups is 2. The Hall–Kier alpha value is -3.34. The first-order valence-corrected chi connectivity index (χ1v) is 9.60. The number of fused-ring (bicyclic) bond motifs is 1. The fourth-order valence-electron chi connectivity index (χ4n) is 3.31. The summed E-state index contributed by atoms with van der Waals surface area (Å²) in [5.74, 6) is 0.00326. The Balaban J connectivity index is 1.63. The molecule has 0 heterocycles. The summed E-state index contributed by atoms with van der Waals surface area (Å²) in [6.45, 7) is 5.66. The zero-order chi connectivity index (χ0) is 21.0. The first-order chi connectivity index (χ1) is 13.9. The minimum atomic E-state index is -0.366. The summed E-state index contributed by atoms with van der Waals surface area (Å²) >= 11 is 0. The standard InChI is InChI=1S/C24H26N2O3/c1-15-6-5-7-16(2)23(15)26-22(27)14-25-24(28)17(3)18-8-9-20-13-21(29-4)11-10-19(20)12-18/h5-13,17H,14H2,1-4H3,(H,25,28)(H,26,27)/t17-/m0/s1. The minimum Gasteiger partial charge on any atom is -0.497 e. The molecule has 0 spiro atoms. The van der Waals surface area contributed by atoms with Crippen LogP contribution < -0.4 is 15.4 Å². The van der Waals surface area contributed by atoms with Crippen molar-refractivity contribution in [2.24, 2.45) is 0 Å². The van der Waals surface area contributed by atoms with Crippen molar-refractivity contribution >= 4 is 28.3 Å². The molecule has 3 aromatic rings. The quantitative estimate of drug-likeness (QED) is 0.659. The Labute approximate surface area is 171 Å². The monoisotopic (exact) mass is 390 g/mol. The summed E-state index contributed by atoms with van der Waals surface area (Å²) in [7, 11) is 1.64. The lowest BCUT2D eigenvalue weighted by Crippen LogP contribution is -2.35. The molecule has 0 fully saturated rings. The zero-order valence-corrected chi connectivity index (χ0v) is 17.2. The fourth-order valence-corrected chi connectivity index (χ4v) is 3.31. The highest BCUT2D eigenvalue weighted by molar-refractivity contribution is 5.96. The van der Waals surface area contributed by atoms with Gasteiger partial charge in [0, 0.05) is 5.69 Å². The van der Waals surface area contributed by atoms with E-state index in [0.717, 1.165) is 38.9 Å². The van der Waals surface area contributed by atoms with Gasteiger partial charge in [0.25, 0.3) is 0 Å². The highest BCUT2D eigenvalue weighted by atomic mass is 16.5. The highest BCUT2D eigenvalue weighted by Crippen LogP contribution is 2.25. The van der Waals surface area contributed by atoms with E-state index in [-0.39, 0.29) is 24.3 Å². The number of methoxy groups -OCH3 is 1. The molecule has 150 valence electrons. The molecule has 0 aliphatic rings. The maximum Gasteiger partial charge on any atom is 0.243 e. The van der Waals surface area contributed by atoms with Gasteiger partial charge in [-0.15, -0.1) is 0 Å². The van der Waals surface area contributed by atoms with Crippen LogP contribution in [0.25, 0.3) is 10.8 Å². The number of para-hydroxylation sites is 1. The van der Waals surface area contributed by atoms with Crippen molar-refractivity contribution in [3.8, 4) is 5.75 Å². The average Bonchev–Trinajstić information content (AvgIpc) is 2.73. The smallest absolute Gasteiger partial charge is 0.243 e. The number of hydrogen-bond donors (Lipinski definition) is 2. The molecule has 0 aromatic heterocycles. The number of hydrogen-bond acceptors (Lipinski definition) is 3. The Morgan fingerprint density at radius 3 is 2.31 bits per heavy atom. The van der Waals surface area contributed by atoms with E-state index in [9.17, 15) is 9.59 Å². The summed E-state index contributed by atoms with van der Waals surface area (Å²) in [6, 6.07) is 17.6. The second-order valence-corrected chi connectivity index (χ2v) is 7.23. The van der Waals surface area contributed by atoms with Crippen LogP contribution in [0, 0.1) is 13.8 Å². The fraction of sp³-hybridized carbons (Fsp3) is 0.250. The normalized spacial score (nSPS) is 11.7. The van der Waals surface area contributed by atoms with E-state index in [4.69, 9.17) is 4.74 Å². The van der Waals surface area contributed by atoms with Gasteiger partial charge in [0.05, 0.1) is 19.6 Å². The molecule has 0 aliphatic carbocycles. The number of aryl methyl sites for hydroxylation is 2. The molecule has 0 radical (unpaired) electrons. The topological polar surface area (TPSA) is 67.4 Å². The van der Waals surface area contributed by atoms with E-state index in [2.05, 4.69) is 10.6 Å². The van der Waals surface area contributed by atoms with Crippen LogP contribution in [0.15, 0.2) is 54.6 Å². The lowest BCUT2D eigenvalue weighted by Gasteiger charge is -2.15. The van der Waals surface area contributed by atoms with Gasteiger partial charge in [-0.2, -0.15) is 0 Å². The summed E-state index contributed by atoms with van der Waals surface area (Å²) in [4.78, 5) is 24.8. The molecular formula is C24H26N2O3. The van der Waals surface area contributed by atoms with E-state index in [1.165, 1.54) is 0 Å². The molecule has 0 aliphatic heterocycles. The van der Waals surface area contributed by atoms with Gasteiger partial charge in [-0.05, 0) is 60.4 Å². The first kappa shape index (κ1) is 20.4. The van der Waals surface area contributed by atoms with Crippen LogP contribution >= 0.6 is 0 Å². The Kier molecular flexibility index (Phi) is 6.17. The summed E-state index contributed by atoms with van der Waals surface area (Å²) in [6.07, 6.45) is 0. The number of rotatable bonds is 6. The molecule has 2 N–H and O–H groups in total. The lowest BCUT2D eigenvalue weighted by molar-refractivity contribution is -0.125. The van der Waals surface area contributed by atoms with E-state index < -0.39 is 0 Å². The number of anilines is 1. The van der Waals surface area contributed by atoms with Gasteiger partial charge in [0.2, 0.25) is 11.8 Å². The molecule has 5 nitrogen and oxygen atoms in total. The molecule has 29 heavy (non-hydrogen) atoms. The van der Waals surface area contributed by atoms with Crippen LogP contribution in [0.3, 0.4) is 0 Å².